The molecule has 0 unspecified atom stereocenters. The quantitative estimate of drug-likeness (QED) is 0.209. The predicted octanol–water partition coefficient (Wildman–Crippen LogP) is 8.44. The first-order valence-electron chi connectivity index (χ1n) is 12.4. The SMILES string of the molecule is CCCC.CCCCCC(C)C.CCCOc1cncc(CO)c1C.C[C-](C)C.C[C-]=O.[U+2]. The molecule has 0 fully saturated rings. The van der Waals surface area contributed by atoms with E-state index in [4.69, 9.17) is 14.6 Å². The standard InChI is InChI=1S/C10H15NO2.C8H18.C4H9.C4H10.C2H3O.U/c1-3-4-13-10-6-11-5-9(7-12)8(10)2;1-4-5-6-7-8(2)3;1-4(2)3;1-3-4-2;1-2-3;/h5-6,12H,3-4,7H2,1-2H3;8H,4-7H2,1-3H3;1-3H3;3-4H2,1-2H3;1H3;/q;;-1;;-1;+2. The van der Waals surface area contributed by atoms with Crippen molar-refractivity contribution in [3.05, 3.63) is 29.4 Å². The van der Waals surface area contributed by atoms with E-state index in [2.05, 4.69) is 67.3 Å². The maximum Gasteiger partial charge on any atom is 2.00 e. The van der Waals surface area contributed by atoms with Crippen molar-refractivity contribution in [2.45, 2.75) is 128 Å². The molecule has 5 heteroatoms. The van der Waals surface area contributed by atoms with Gasteiger partial charge in [0.15, 0.2) is 0 Å². The molecule has 0 bridgehead atoms. The third-order valence-corrected chi connectivity index (χ3v) is 3.79. The van der Waals surface area contributed by atoms with Crippen LogP contribution in [0.1, 0.15) is 125 Å². The van der Waals surface area contributed by atoms with Gasteiger partial charge in [-0.25, -0.2) is 0 Å². The Labute approximate surface area is 231 Å². The number of aliphatic hydroxyl groups is 1. The Morgan fingerprint density at radius 1 is 1.00 bits per heavy atom. The van der Waals surface area contributed by atoms with Gasteiger partial charge in [-0.15, -0.1) is 0 Å². The van der Waals surface area contributed by atoms with E-state index in [-0.39, 0.29) is 37.7 Å². The molecule has 33 heavy (non-hydrogen) atoms. The number of aliphatic hydroxyl groups excluding tert-OH is 1. The molecule has 0 radical (unpaired) electrons. The maximum atomic E-state index is 8.97. The average Bonchev–Trinajstić information content (AvgIpc) is 2.74. The Kier molecular flexibility index (Phi) is 46.9. The Morgan fingerprint density at radius 3 is 1.82 bits per heavy atom. The molecule has 0 amide bonds. The van der Waals surface area contributed by atoms with Crippen molar-refractivity contribution in [3.8, 4) is 5.75 Å². The van der Waals surface area contributed by atoms with Crippen molar-refractivity contribution in [2.24, 2.45) is 5.92 Å². The van der Waals surface area contributed by atoms with Gasteiger partial charge in [-0.05, 0) is 24.8 Å². The van der Waals surface area contributed by atoms with Gasteiger partial charge < -0.3 is 20.6 Å². The molecule has 4 nitrogen and oxygen atoms in total. The zero-order valence-electron chi connectivity index (χ0n) is 23.8. The fraction of sp³-hybridized carbons (Fsp3) is 0.750. The molecular formula is C28H55NO3U. The van der Waals surface area contributed by atoms with Crippen LogP contribution < -0.4 is 4.74 Å². The molecular weight excluding hydrogens is 636 g/mol. The van der Waals surface area contributed by atoms with Crippen LogP contribution in [0.25, 0.3) is 0 Å². The molecule has 0 saturated carbocycles. The molecule has 1 N–H and O–H groups in total. The largest absolute Gasteiger partial charge is 2.00 e. The average molecular weight is 692 g/mol. The zero-order valence-corrected chi connectivity index (χ0v) is 28.0. The Morgan fingerprint density at radius 2 is 1.48 bits per heavy atom. The van der Waals surface area contributed by atoms with Gasteiger partial charge in [0.25, 0.3) is 0 Å². The van der Waals surface area contributed by atoms with Crippen LogP contribution in [0.15, 0.2) is 12.4 Å². The molecule has 1 aromatic rings. The van der Waals surface area contributed by atoms with Gasteiger partial charge in [0.1, 0.15) is 5.75 Å². The number of aromatic nitrogens is 1. The van der Waals surface area contributed by atoms with Crippen molar-refractivity contribution < 1.29 is 45.8 Å². The second-order valence-electron chi connectivity index (χ2n) is 8.52. The van der Waals surface area contributed by atoms with Gasteiger partial charge in [-0.3, -0.25) is 11.3 Å². The molecule has 194 valence electrons. The Balaban J connectivity index is -0.000000112. The summed E-state index contributed by atoms with van der Waals surface area (Å²) in [4.78, 5) is 12.7. The number of carbonyl (C=O) groups excluding carboxylic acids is 1. The number of hydrogen-bond acceptors (Lipinski definition) is 4. The van der Waals surface area contributed by atoms with E-state index in [1.165, 1.54) is 57.7 Å². The van der Waals surface area contributed by atoms with Gasteiger partial charge >= 0.3 is 31.1 Å². The van der Waals surface area contributed by atoms with Gasteiger partial charge in [-0.1, -0.05) is 80.1 Å². The predicted molar refractivity (Wildman–Crippen MR) is 142 cm³/mol. The molecule has 0 atom stereocenters. The molecule has 0 aliphatic rings. The fourth-order valence-corrected chi connectivity index (χ4v) is 1.87. The second kappa shape index (κ2) is 36.2. The topological polar surface area (TPSA) is 59.4 Å². The van der Waals surface area contributed by atoms with Crippen molar-refractivity contribution in [1.82, 2.24) is 4.98 Å². The fourth-order valence-electron chi connectivity index (χ4n) is 1.87. The summed E-state index contributed by atoms with van der Waals surface area (Å²) >= 11 is 0. The molecule has 1 aromatic heterocycles. The molecule has 0 aliphatic heterocycles. The van der Waals surface area contributed by atoms with E-state index in [1.807, 2.05) is 6.92 Å². The molecule has 0 saturated heterocycles. The van der Waals surface area contributed by atoms with Gasteiger partial charge in [-0.2, -0.15) is 27.7 Å². The van der Waals surface area contributed by atoms with Gasteiger partial charge in [0, 0.05) is 11.8 Å². The molecule has 0 spiro atoms. The van der Waals surface area contributed by atoms with Crippen LogP contribution in [-0.4, -0.2) is 23.0 Å². The minimum absolute atomic E-state index is 0. The second-order valence-corrected chi connectivity index (χ2v) is 8.52. The van der Waals surface area contributed by atoms with E-state index < -0.39 is 0 Å². The van der Waals surface area contributed by atoms with Gasteiger partial charge in [0.2, 0.25) is 0 Å². The van der Waals surface area contributed by atoms with Crippen molar-refractivity contribution in [1.29, 1.82) is 0 Å². The van der Waals surface area contributed by atoms with Crippen LogP contribution in [0.3, 0.4) is 0 Å². The first kappa shape index (κ1) is 42.8. The number of hydrogen-bond donors (Lipinski definition) is 1. The molecule has 1 heterocycles. The van der Waals surface area contributed by atoms with Gasteiger partial charge in [0.05, 0.1) is 19.4 Å². The monoisotopic (exact) mass is 691 g/mol. The minimum Gasteiger partial charge on any atom is -0.542 e. The first-order chi connectivity index (χ1) is 15.1. The number of rotatable bonds is 9. The third-order valence-electron chi connectivity index (χ3n) is 3.79. The molecule has 1 rings (SSSR count). The van der Waals surface area contributed by atoms with Crippen LogP contribution in [0.2, 0.25) is 0 Å². The van der Waals surface area contributed by atoms with Crippen LogP contribution in [0.4, 0.5) is 0 Å². The number of unbranched alkanes of at least 4 members (excludes halogenated alkanes) is 3. The summed E-state index contributed by atoms with van der Waals surface area (Å²) < 4.78 is 5.45. The summed E-state index contributed by atoms with van der Waals surface area (Å²) in [6.07, 6.45) is 14.1. The number of pyridine rings is 1. The van der Waals surface area contributed by atoms with Crippen LogP contribution >= 0.6 is 0 Å². The van der Waals surface area contributed by atoms with E-state index in [0.29, 0.717) is 6.61 Å². The first-order valence-corrected chi connectivity index (χ1v) is 12.4. The Hall–Kier alpha value is -0.368. The number of nitrogens with zero attached hydrogens (tertiary/aromatic N) is 1. The van der Waals surface area contributed by atoms with E-state index in [9.17, 15) is 0 Å². The van der Waals surface area contributed by atoms with Crippen LogP contribution in [0.5, 0.6) is 5.75 Å². The van der Waals surface area contributed by atoms with Crippen molar-refractivity contribution >= 4 is 6.29 Å². The van der Waals surface area contributed by atoms with Crippen LogP contribution in [-0.2, 0) is 11.4 Å². The van der Waals surface area contributed by atoms with E-state index >= 15 is 0 Å². The van der Waals surface area contributed by atoms with E-state index in [0.717, 1.165) is 29.2 Å². The summed E-state index contributed by atoms with van der Waals surface area (Å²) in [5.41, 5.74) is 1.81. The Bertz CT molecular complexity index is 475. The molecule has 0 aliphatic carbocycles. The zero-order chi connectivity index (χ0) is 25.8. The third kappa shape index (κ3) is 42.3. The summed E-state index contributed by atoms with van der Waals surface area (Å²) in [6.45, 7) is 23.4. The normalized spacial score (nSPS) is 8.91. The summed E-state index contributed by atoms with van der Waals surface area (Å²) in [5.74, 6) is 3.09. The van der Waals surface area contributed by atoms with Crippen LogP contribution in [0, 0.1) is 49.9 Å². The summed E-state index contributed by atoms with van der Waals surface area (Å²) in [7, 11) is 0. The molecule has 0 aromatic carbocycles. The number of ether oxygens (including phenoxy) is 1. The van der Waals surface area contributed by atoms with Crippen molar-refractivity contribution in [2.75, 3.05) is 6.61 Å². The summed E-state index contributed by atoms with van der Waals surface area (Å²) in [6, 6.07) is 0. The minimum atomic E-state index is 0. The van der Waals surface area contributed by atoms with Crippen molar-refractivity contribution in [3.63, 3.8) is 0 Å². The smallest absolute Gasteiger partial charge is 0.542 e. The maximum absolute atomic E-state index is 8.97. The summed E-state index contributed by atoms with van der Waals surface area (Å²) in [5, 5.41) is 8.97. The van der Waals surface area contributed by atoms with E-state index in [1.54, 1.807) is 12.4 Å².